The van der Waals surface area contributed by atoms with Crippen molar-refractivity contribution in [2.24, 2.45) is 0 Å². The maximum absolute atomic E-state index is 12.0. The highest BCUT2D eigenvalue weighted by Crippen LogP contribution is 2.10. The van der Waals surface area contributed by atoms with Gasteiger partial charge in [0.1, 0.15) is 10.7 Å². The van der Waals surface area contributed by atoms with Crippen molar-refractivity contribution in [3.63, 3.8) is 0 Å². The summed E-state index contributed by atoms with van der Waals surface area (Å²) in [6.45, 7) is 3.66. The quantitative estimate of drug-likeness (QED) is 0.759. The molecule has 7 heteroatoms. The van der Waals surface area contributed by atoms with E-state index >= 15 is 0 Å². The molecule has 0 aliphatic carbocycles. The van der Waals surface area contributed by atoms with Crippen molar-refractivity contribution in [3.05, 3.63) is 18.3 Å². The van der Waals surface area contributed by atoms with E-state index in [9.17, 15) is 8.42 Å². The Kier molecular flexibility index (Phi) is 5.33. The van der Waals surface area contributed by atoms with Crippen LogP contribution in [-0.4, -0.2) is 44.5 Å². The highest BCUT2D eigenvalue weighted by Gasteiger charge is 2.14. The minimum Gasteiger partial charge on any atom is -0.384 e. The van der Waals surface area contributed by atoms with Crippen molar-refractivity contribution < 1.29 is 8.42 Å². The van der Waals surface area contributed by atoms with Gasteiger partial charge in [-0.1, -0.05) is 6.42 Å². The Bertz CT molecular complexity index is 510. The first-order valence-electron chi connectivity index (χ1n) is 7.01. The number of anilines is 1. The SMILES string of the molecule is Nc1ccc(S(=O)(=O)NCCCN2CCCCC2)cn1. The van der Waals surface area contributed by atoms with Crippen LogP contribution >= 0.6 is 0 Å². The number of rotatable bonds is 6. The third kappa shape index (κ3) is 4.43. The van der Waals surface area contributed by atoms with Gasteiger partial charge in [0.2, 0.25) is 10.0 Å². The molecule has 0 bridgehead atoms. The molecule has 1 aliphatic rings. The first-order chi connectivity index (χ1) is 9.58. The van der Waals surface area contributed by atoms with E-state index in [0.29, 0.717) is 12.4 Å². The smallest absolute Gasteiger partial charge is 0.242 e. The minimum atomic E-state index is -3.47. The number of likely N-dealkylation sites (tertiary alicyclic amines) is 1. The van der Waals surface area contributed by atoms with Crippen molar-refractivity contribution in [2.75, 3.05) is 31.9 Å². The van der Waals surface area contributed by atoms with Crippen LogP contribution in [0.1, 0.15) is 25.7 Å². The fraction of sp³-hybridized carbons (Fsp3) is 0.615. The van der Waals surface area contributed by atoms with Gasteiger partial charge in [-0.05, 0) is 51.0 Å². The second-order valence-electron chi connectivity index (χ2n) is 5.07. The van der Waals surface area contributed by atoms with E-state index in [-0.39, 0.29) is 4.90 Å². The molecule has 112 valence electrons. The first-order valence-corrected chi connectivity index (χ1v) is 8.50. The average molecular weight is 298 g/mol. The van der Waals surface area contributed by atoms with Gasteiger partial charge in [0, 0.05) is 12.7 Å². The van der Waals surface area contributed by atoms with Crippen molar-refractivity contribution >= 4 is 15.8 Å². The fourth-order valence-corrected chi connectivity index (χ4v) is 3.34. The van der Waals surface area contributed by atoms with Gasteiger partial charge >= 0.3 is 0 Å². The molecule has 0 saturated carbocycles. The molecule has 1 aromatic heterocycles. The predicted molar refractivity (Wildman–Crippen MR) is 78.7 cm³/mol. The number of hydrogen-bond acceptors (Lipinski definition) is 5. The number of nitrogens with two attached hydrogens (primary N) is 1. The summed E-state index contributed by atoms with van der Waals surface area (Å²) in [6, 6.07) is 2.96. The van der Waals surface area contributed by atoms with Crippen LogP contribution in [0.25, 0.3) is 0 Å². The molecule has 6 nitrogen and oxygen atoms in total. The Balaban J connectivity index is 1.76. The lowest BCUT2D eigenvalue weighted by atomic mass is 10.1. The lowest BCUT2D eigenvalue weighted by molar-refractivity contribution is 0.227. The van der Waals surface area contributed by atoms with E-state index in [4.69, 9.17) is 5.73 Å². The minimum absolute atomic E-state index is 0.157. The van der Waals surface area contributed by atoms with Crippen LogP contribution in [0.2, 0.25) is 0 Å². The number of piperidine rings is 1. The Morgan fingerprint density at radius 3 is 2.65 bits per heavy atom. The summed E-state index contributed by atoms with van der Waals surface area (Å²) < 4.78 is 26.6. The molecular weight excluding hydrogens is 276 g/mol. The van der Waals surface area contributed by atoms with E-state index in [1.807, 2.05) is 0 Å². The molecule has 20 heavy (non-hydrogen) atoms. The lowest BCUT2D eigenvalue weighted by Crippen LogP contribution is -2.33. The molecular formula is C13H22N4O2S. The third-order valence-electron chi connectivity index (χ3n) is 3.46. The van der Waals surface area contributed by atoms with Gasteiger partial charge in [0.25, 0.3) is 0 Å². The van der Waals surface area contributed by atoms with Crippen molar-refractivity contribution in [2.45, 2.75) is 30.6 Å². The zero-order chi connectivity index (χ0) is 14.4. The summed E-state index contributed by atoms with van der Waals surface area (Å²) in [5.74, 6) is 0.314. The summed E-state index contributed by atoms with van der Waals surface area (Å²) in [5.41, 5.74) is 5.44. The second-order valence-corrected chi connectivity index (χ2v) is 6.84. The Hall–Kier alpha value is -1.18. The topological polar surface area (TPSA) is 88.3 Å². The molecule has 0 aromatic carbocycles. The monoisotopic (exact) mass is 298 g/mol. The average Bonchev–Trinajstić information content (AvgIpc) is 2.45. The van der Waals surface area contributed by atoms with E-state index in [0.717, 1.165) is 26.1 Å². The summed E-state index contributed by atoms with van der Waals surface area (Å²) in [4.78, 5) is 6.35. The zero-order valence-corrected chi connectivity index (χ0v) is 12.4. The van der Waals surface area contributed by atoms with Crippen molar-refractivity contribution in [1.29, 1.82) is 0 Å². The molecule has 1 fully saturated rings. The highest BCUT2D eigenvalue weighted by atomic mass is 32.2. The normalized spacial score (nSPS) is 17.2. The van der Waals surface area contributed by atoms with E-state index in [1.165, 1.54) is 37.6 Å². The summed E-state index contributed by atoms with van der Waals surface area (Å²) >= 11 is 0. The molecule has 0 radical (unpaired) electrons. The van der Waals surface area contributed by atoms with Gasteiger partial charge in [-0.2, -0.15) is 0 Å². The zero-order valence-electron chi connectivity index (χ0n) is 11.6. The Morgan fingerprint density at radius 2 is 2.00 bits per heavy atom. The molecule has 1 aromatic rings. The van der Waals surface area contributed by atoms with Crippen LogP contribution in [0.15, 0.2) is 23.2 Å². The van der Waals surface area contributed by atoms with E-state index < -0.39 is 10.0 Å². The van der Waals surface area contributed by atoms with Crippen molar-refractivity contribution in [1.82, 2.24) is 14.6 Å². The summed E-state index contributed by atoms with van der Waals surface area (Å²) in [5, 5.41) is 0. The van der Waals surface area contributed by atoms with Gasteiger partial charge in [-0.25, -0.2) is 18.1 Å². The lowest BCUT2D eigenvalue weighted by Gasteiger charge is -2.26. The summed E-state index contributed by atoms with van der Waals surface area (Å²) in [7, 11) is -3.47. The van der Waals surface area contributed by atoms with E-state index in [1.54, 1.807) is 0 Å². The van der Waals surface area contributed by atoms with Crippen LogP contribution < -0.4 is 10.5 Å². The van der Waals surface area contributed by atoms with Gasteiger partial charge in [-0.15, -0.1) is 0 Å². The van der Waals surface area contributed by atoms with Crippen LogP contribution in [-0.2, 0) is 10.0 Å². The highest BCUT2D eigenvalue weighted by molar-refractivity contribution is 7.89. The molecule has 1 saturated heterocycles. The van der Waals surface area contributed by atoms with Crippen molar-refractivity contribution in [3.8, 4) is 0 Å². The molecule has 2 heterocycles. The maximum Gasteiger partial charge on any atom is 0.242 e. The van der Waals surface area contributed by atoms with E-state index in [2.05, 4.69) is 14.6 Å². The van der Waals surface area contributed by atoms with Gasteiger partial charge in [-0.3, -0.25) is 0 Å². The van der Waals surface area contributed by atoms with Crippen LogP contribution in [0.4, 0.5) is 5.82 Å². The van der Waals surface area contributed by atoms with Gasteiger partial charge in [0.15, 0.2) is 0 Å². The summed E-state index contributed by atoms with van der Waals surface area (Å²) in [6.07, 6.45) is 5.92. The standard InChI is InChI=1S/C13H22N4O2S/c14-13-6-5-12(11-15-13)20(18,19)16-7-4-10-17-8-2-1-3-9-17/h5-6,11,16H,1-4,7-10H2,(H2,14,15). The molecule has 0 spiro atoms. The molecule has 2 rings (SSSR count). The van der Waals surface area contributed by atoms with Gasteiger partial charge in [0.05, 0.1) is 0 Å². The Labute approximate surface area is 120 Å². The number of nitrogens with one attached hydrogen (secondary N) is 1. The number of hydrogen-bond donors (Lipinski definition) is 2. The maximum atomic E-state index is 12.0. The Morgan fingerprint density at radius 1 is 1.25 bits per heavy atom. The third-order valence-corrected chi connectivity index (χ3v) is 4.91. The fourth-order valence-electron chi connectivity index (χ4n) is 2.33. The molecule has 0 amide bonds. The van der Waals surface area contributed by atoms with Gasteiger partial charge < -0.3 is 10.6 Å². The molecule has 1 aliphatic heterocycles. The molecule has 0 unspecified atom stereocenters. The predicted octanol–water partition coefficient (Wildman–Crippen LogP) is 0.818. The number of aromatic nitrogens is 1. The number of sulfonamides is 1. The largest absolute Gasteiger partial charge is 0.384 e. The molecule has 0 atom stereocenters. The number of nitrogen functional groups attached to an aromatic ring is 1. The number of pyridine rings is 1. The number of nitrogens with zero attached hydrogens (tertiary/aromatic N) is 2. The molecule has 3 N–H and O–H groups in total. The van der Waals surface area contributed by atoms with Crippen LogP contribution in [0.3, 0.4) is 0 Å². The second kappa shape index (κ2) is 7.01. The van der Waals surface area contributed by atoms with Crippen LogP contribution in [0.5, 0.6) is 0 Å². The first kappa shape index (κ1) is 15.2. The van der Waals surface area contributed by atoms with Crippen LogP contribution in [0, 0.1) is 0 Å².